The third kappa shape index (κ3) is 1.96. The molecule has 0 amide bonds. The average Bonchev–Trinajstić information content (AvgIpc) is 2.71. The van der Waals surface area contributed by atoms with Gasteiger partial charge in [-0.1, -0.05) is 11.6 Å². The van der Waals surface area contributed by atoms with Crippen LogP contribution in [-0.2, 0) is 5.88 Å². The largest absolute Gasteiger partial charge is 0.240 e. The van der Waals surface area contributed by atoms with Gasteiger partial charge in [-0.2, -0.15) is 0 Å². The van der Waals surface area contributed by atoms with Crippen LogP contribution in [0.1, 0.15) is 9.88 Å². The number of hydrogen-bond donors (Lipinski definition) is 0. The van der Waals surface area contributed by atoms with Crippen molar-refractivity contribution >= 4 is 45.9 Å². The lowest BCUT2D eigenvalue weighted by Crippen LogP contribution is -1.77. The van der Waals surface area contributed by atoms with E-state index in [4.69, 9.17) is 23.2 Å². The van der Waals surface area contributed by atoms with Crippen LogP contribution in [0.5, 0.6) is 0 Å². The lowest BCUT2D eigenvalue weighted by molar-refractivity contribution is 1.29. The molecule has 0 saturated heterocycles. The number of thiazole rings is 1. The zero-order valence-corrected chi connectivity index (χ0v) is 10.5. The van der Waals surface area contributed by atoms with Crippen molar-refractivity contribution in [1.82, 2.24) is 4.98 Å². The molecule has 2 heterocycles. The Labute approximate surface area is 100 Å². The summed E-state index contributed by atoms with van der Waals surface area (Å²) in [6.45, 7) is 1.99. The fraction of sp³-hybridized carbons (Fsp3) is 0.222. The van der Waals surface area contributed by atoms with Gasteiger partial charge in [-0.25, -0.2) is 4.98 Å². The molecular weight excluding hydrogens is 257 g/mol. The van der Waals surface area contributed by atoms with Gasteiger partial charge in [0, 0.05) is 4.88 Å². The summed E-state index contributed by atoms with van der Waals surface area (Å²) in [6, 6.07) is 3.87. The second kappa shape index (κ2) is 4.19. The zero-order valence-electron chi connectivity index (χ0n) is 7.38. The normalized spacial score (nSPS) is 10.8. The maximum atomic E-state index is 5.87. The smallest absolute Gasteiger partial charge is 0.0959 e. The summed E-state index contributed by atoms with van der Waals surface area (Å²) in [4.78, 5) is 6.66. The molecule has 2 aromatic rings. The number of rotatable bonds is 2. The highest BCUT2D eigenvalue weighted by atomic mass is 35.5. The quantitative estimate of drug-likeness (QED) is 0.724. The Morgan fingerprint density at radius 1 is 1.36 bits per heavy atom. The number of halogens is 2. The van der Waals surface area contributed by atoms with Crippen LogP contribution >= 0.6 is 45.9 Å². The Morgan fingerprint density at radius 3 is 2.71 bits per heavy atom. The Hall–Kier alpha value is -0.0900. The van der Waals surface area contributed by atoms with Crippen LogP contribution in [0.3, 0.4) is 0 Å². The summed E-state index contributed by atoms with van der Waals surface area (Å²) in [5, 5.41) is 1.04. The van der Waals surface area contributed by atoms with E-state index in [0.29, 0.717) is 5.88 Å². The van der Waals surface area contributed by atoms with E-state index in [1.165, 1.54) is 11.3 Å². The van der Waals surface area contributed by atoms with Crippen molar-refractivity contribution in [2.24, 2.45) is 0 Å². The van der Waals surface area contributed by atoms with Gasteiger partial charge in [0.1, 0.15) is 0 Å². The van der Waals surface area contributed by atoms with Crippen LogP contribution in [0.25, 0.3) is 10.6 Å². The molecule has 74 valence electrons. The van der Waals surface area contributed by atoms with Gasteiger partial charge in [-0.05, 0) is 19.1 Å². The topological polar surface area (TPSA) is 12.9 Å². The summed E-state index contributed by atoms with van der Waals surface area (Å²) < 4.78 is 0.783. The molecule has 14 heavy (non-hydrogen) atoms. The number of aromatic nitrogens is 1. The fourth-order valence-corrected chi connectivity index (χ4v) is 3.41. The van der Waals surface area contributed by atoms with Crippen molar-refractivity contribution < 1.29 is 0 Å². The van der Waals surface area contributed by atoms with Crippen molar-refractivity contribution in [3.8, 4) is 10.6 Å². The summed E-state index contributed by atoms with van der Waals surface area (Å²) in [5.41, 5.74) is 0.986. The zero-order chi connectivity index (χ0) is 10.1. The minimum Gasteiger partial charge on any atom is -0.240 e. The van der Waals surface area contributed by atoms with Crippen molar-refractivity contribution in [2.75, 3.05) is 0 Å². The predicted octanol–water partition coefficient (Wildman–Crippen LogP) is 4.57. The van der Waals surface area contributed by atoms with Crippen molar-refractivity contribution in [2.45, 2.75) is 12.8 Å². The molecule has 2 aromatic heterocycles. The van der Waals surface area contributed by atoms with Crippen LogP contribution in [0, 0.1) is 6.92 Å². The van der Waals surface area contributed by atoms with Crippen molar-refractivity contribution in [1.29, 1.82) is 0 Å². The maximum absolute atomic E-state index is 5.87. The first kappa shape index (κ1) is 10.4. The molecule has 0 aromatic carbocycles. The van der Waals surface area contributed by atoms with Gasteiger partial charge in [0.25, 0.3) is 0 Å². The van der Waals surface area contributed by atoms with Crippen molar-refractivity contribution in [3.05, 3.63) is 26.4 Å². The molecule has 0 bridgehead atoms. The third-order valence-corrected chi connectivity index (χ3v) is 4.37. The molecule has 0 saturated carbocycles. The van der Waals surface area contributed by atoms with Crippen LogP contribution in [0.4, 0.5) is 0 Å². The molecule has 0 spiro atoms. The molecule has 0 aliphatic rings. The number of thiophene rings is 1. The lowest BCUT2D eigenvalue weighted by atomic mass is 10.3. The van der Waals surface area contributed by atoms with E-state index in [0.717, 1.165) is 24.8 Å². The van der Waals surface area contributed by atoms with Crippen LogP contribution in [0.2, 0.25) is 4.34 Å². The minimum absolute atomic E-state index is 0.510. The van der Waals surface area contributed by atoms with E-state index in [1.54, 1.807) is 11.3 Å². The van der Waals surface area contributed by atoms with E-state index >= 15 is 0 Å². The third-order valence-electron chi connectivity index (χ3n) is 1.73. The highest BCUT2D eigenvalue weighted by Crippen LogP contribution is 2.35. The molecule has 0 atom stereocenters. The maximum Gasteiger partial charge on any atom is 0.0959 e. The fourth-order valence-electron chi connectivity index (χ4n) is 1.19. The van der Waals surface area contributed by atoms with E-state index in [9.17, 15) is 0 Å². The second-order valence-electron chi connectivity index (χ2n) is 2.74. The molecule has 0 N–H and O–H groups in total. The molecule has 1 nitrogen and oxygen atoms in total. The molecule has 5 heteroatoms. The van der Waals surface area contributed by atoms with Gasteiger partial charge < -0.3 is 0 Å². The predicted molar refractivity (Wildman–Crippen MR) is 64.7 cm³/mol. The molecular formula is C9H7Cl2NS2. The summed E-state index contributed by atoms with van der Waals surface area (Å²) in [7, 11) is 0. The monoisotopic (exact) mass is 263 g/mol. The molecule has 2 rings (SSSR count). The van der Waals surface area contributed by atoms with Gasteiger partial charge in [0.15, 0.2) is 0 Å². The highest BCUT2D eigenvalue weighted by Gasteiger charge is 2.11. The van der Waals surface area contributed by atoms with Crippen LogP contribution in [-0.4, -0.2) is 4.98 Å². The van der Waals surface area contributed by atoms with Crippen LogP contribution < -0.4 is 0 Å². The van der Waals surface area contributed by atoms with Gasteiger partial charge >= 0.3 is 0 Å². The molecule has 0 unspecified atom stereocenters. The SMILES string of the molecule is Cc1nc(-c2ccc(Cl)s2)c(CCl)s1. The standard InChI is InChI=1S/C9H7Cl2NS2/c1-5-12-9(7(4-10)13-5)6-2-3-8(11)14-6/h2-3H,4H2,1H3. The number of nitrogens with zero attached hydrogens (tertiary/aromatic N) is 1. The molecule has 0 fully saturated rings. The summed E-state index contributed by atoms with van der Waals surface area (Å²) in [5.74, 6) is 0.510. The number of alkyl halides is 1. The van der Waals surface area contributed by atoms with Gasteiger partial charge in [0.2, 0.25) is 0 Å². The van der Waals surface area contributed by atoms with Crippen molar-refractivity contribution in [3.63, 3.8) is 0 Å². The van der Waals surface area contributed by atoms with Gasteiger partial charge in [-0.3, -0.25) is 0 Å². The van der Waals surface area contributed by atoms with E-state index in [2.05, 4.69) is 4.98 Å². The second-order valence-corrected chi connectivity index (χ2v) is 6.01. The van der Waals surface area contributed by atoms with E-state index < -0.39 is 0 Å². The molecule has 0 aliphatic carbocycles. The Bertz CT molecular complexity index is 447. The van der Waals surface area contributed by atoms with Gasteiger partial charge in [0.05, 0.1) is 25.8 Å². The Kier molecular flexibility index (Phi) is 3.12. The highest BCUT2D eigenvalue weighted by molar-refractivity contribution is 7.19. The first-order chi connectivity index (χ1) is 6.70. The summed E-state index contributed by atoms with van der Waals surface area (Å²) >= 11 is 14.9. The average molecular weight is 264 g/mol. The first-order valence-electron chi connectivity index (χ1n) is 3.98. The summed E-state index contributed by atoms with van der Waals surface area (Å²) in [6.07, 6.45) is 0. The number of aryl methyl sites for hydroxylation is 1. The van der Waals surface area contributed by atoms with E-state index in [-0.39, 0.29) is 0 Å². The minimum atomic E-state index is 0.510. The lowest BCUT2D eigenvalue weighted by Gasteiger charge is -1.93. The Balaban J connectivity index is 2.49. The number of hydrogen-bond acceptors (Lipinski definition) is 3. The van der Waals surface area contributed by atoms with Crippen LogP contribution in [0.15, 0.2) is 12.1 Å². The first-order valence-corrected chi connectivity index (χ1v) is 6.53. The van der Waals surface area contributed by atoms with E-state index in [1.807, 2.05) is 19.1 Å². The molecule has 0 aliphatic heterocycles. The van der Waals surface area contributed by atoms with Gasteiger partial charge in [-0.15, -0.1) is 34.3 Å². The Morgan fingerprint density at radius 2 is 2.14 bits per heavy atom. The molecule has 0 radical (unpaired) electrons.